The van der Waals surface area contributed by atoms with Gasteiger partial charge in [-0.05, 0) is 23.6 Å². The van der Waals surface area contributed by atoms with Gasteiger partial charge in [0.2, 0.25) is 5.91 Å². The Kier molecular flexibility index (Phi) is 4.63. The van der Waals surface area contributed by atoms with Gasteiger partial charge in [0.15, 0.2) is 0 Å². The highest BCUT2D eigenvalue weighted by atomic mass is 16.3. The summed E-state index contributed by atoms with van der Waals surface area (Å²) >= 11 is 0. The Balaban J connectivity index is 1.95. The van der Waals surface area contributed by atoms with Crippen molar-refractivity contribution in [1.82, 2.24) is 14.9 Å². The molecule has 0 aliphatic carbocycles. The van der Waals surface area contributed by atoms with Crippen molar-refractivity contribution in [1.29, 1.82) is 0 Å². The van der Waals surface area contributed by atoms with E-state index < -0.39 is 6.04 Å². The van der Waals surface area contributed by atoms with Crippen LogP contribution in [0.1, 0.15) is 43.7 Å². The molecule has 1 aliphatic rings. The van der Waals surface area contributed by atoms with Gasteiger partial charge in [0.25, 0.3) is 5.56 Å². The predicted molar refractivity (Wildman–Crippen MR) is 107 cm³/mol. The van der Waals surface area contributed by atoms with Gasteiger partial charge in [0, 0.05) is 6.42 Å². The minimum Gasteiger partial charge on any atom is -0.506 e. The second-order valence-electron chi connectivity index (χ2n) is 7.40. The maximum absolute atomic E-state index is 13.4. The number of hydrogen-bond donors (Lipinski definition) is 2. The van der Waals surface area contributed by atoms with Crippen molar-refractivity contribution in [2.75, 3.05) is 0 Å². The second kappa shape index (κ2) is 7.11. The fourth-order valence-corrected chi connectivity index (χ4v) is 3.83. The number of benzene rings is 2. The van der Waals surface area contributed by atoms with Crippen LogP contribution in [0.25, 0.3) is 10.9 Å². The van der Waals surface area contributed by atoms with Crippen molar-refractivity contribution in [2.45, 2.75) is 38.8 Å². The van der Waals surface area contributed by atoms with E-state index in [1.54, 1.807) is 12.1 Å². The quantitative estimate of drug-likeness (QED) is 0.732. The number of phenolic OH excluding ortho intramolecular Hbond substituents is 1. The molecule has 3 aromatic rings. The summed E-state index contributed by atoms with van der Waals surface area (Å²) in [6.07, 6.45) is 1.22. The predicted octanol–water partition coefficient (Wildman–Crippen LogP) is 3.10. The summed E-state index contributed by atoms with van der Waals surface area (Å²) in [4.78, 5) is 31.0. The van der Waals surface area contributed by atoms with Gasteiger partial charge >= 0.3 is 0 Å². The van der Waals surface area contributed by atoms with Crippen LogP contribution in [-0.2, 0) is 11.2 Å². The first-order chi connectivity index (χ1) is 13.5. The molecule has 1 aliphatic heterocycles. The van der Waals surface area contributed by atoms with Gasteiger partial charge in [-0.1, -0.05) is 56.7 Å². The van der Waals surface area contributed by atoms with E-state index >= 15 is 0 Å². The number of rotatable bonds is 4. The zero-order valence-electron chi connectivity index (χ0n) is 15.9. The number of hydrogen-bond acceptors (Lipinski definition) is 4. The number of para-hydroxylation sites is 1. The normalized spacial score (nSPS) is 19.9. The van der Waals surface area contributed by atoms with Crippen LogP contribution in [0.5, 0.6) is 5.75 Å². The molecule has 1 amide bonds. The minimum absolute atomic E-state index is 0.0302. The third-order valence-corrected chi connectivity index (χ3v) is 5.61. The number of nitrogens with zero attached hydrogens (tertiary/aromatic N) is 2. The van der Waals surface area contributed by atoms with Crippen LogP contribution >= 0.6 is 0 Å². The lowest BCUT2D eigenvalue weighted by Gasteiger charge is -2.35. The number of amides is 1. The molecule has 28 heavy (non-hydrogen) atoms. The molecule has 0 radical (unpaired) electrons. The number of fused-ring (bicyclic) bond motifs is 2. The molecule has 6 nitrogen and oxygen atoms in total. The fourth-order valence-electron chi connectivity index (χ4n) is 3.83. The SMILES string of the molecule is CC[C@@H](C)[C@@H]1NC(=O)[C@@H](Cc2ccccc2)n2c1nc1c(O)cccc1c2=O. The summed E-state index contributed by atoms with van der Waals surface area (Å²) in [6.45, 7) is 4.06. The first kappa shape index (κ1) is 18.2. The van der Waals surface area contributed by atoms with E-state index in [9.17, 15) is 14.7 Å². The molecule has 0 saturated carbocycles. The zero-order valence-corrected chi connectivity index (χ0v) is 15.9. The molecule has 4 rings (SSSR count). The van der Waals surface area contributed by atoms with E-state index in [-0.39, 0.29) is 34.7 Å². The molecule has 0 spiro atoms. The van der Waals surface area contributed by atoms with Crippen LogP contribution in [0.3, 0.4) is 0 Å². The topological polar surface area (TPSA) is 84.2 Å². The largest absolute Gasteiger partial charge is 0.506 e. The second-order valence-corrected chi connectivity index (χ2v) is 7.40. The number of aromatic hydroxyl groups is 1. The Morgan fingerprint density at radius 1 is 1.14 bits per heavy atom. The summed E-state index contributed by atoms with van der Waals surface area (Å²) in [7, 11) is 0. The lowest BCUT2D eigenvalue weighted by molar-refractivity contribution is -0.127. The molecule has 2 N–H and O–H groups in total. The molecule has 1 aromatic heterocycles. The van der Waals surface area contributed by atoms with Crippen LogP contribution in [0.15, 0.2) is 53.3 Å². The highest BCUT2D eigenvalue weighted by Crippen LogP contribution is 2.32. The third-order valence-electron chi connectivity index (χ3n) is 5.61. The molecular weight excluding hydrogens is 354 g/mol. The molecular formula is C22H23N3O3. The van der Waals surface area contributed by atoms with Gasteiger partial charge in [-0.25, -0.2) is 4.98 Å². The molecule has 2 heterocycles. The first-order valence-electron chi connectivity index (χ1n) is 9.59. The molecule has 0 fully saturated rings. The van der Waals surface area contributed by atoms with E-state index in [0.717, 1.165) is 12.0 Å². The average molecular weight is 377 g/mol. The Bertz CT molecular complexity index is 1090. The summed E-state index contributed by atoms with van der Waals surface area (Å²) in [6, 6.07) is 13.4. The first-order valence-corrected chi connectivity index (χ1v) is 9.59. The van der Waals surface area contributed by atoms with Crippen LogP contribution < -0.4 is 10.9 Å². The number of carbonyl (C=O) groups is 1. The van der Waals surface area contributed by atoms with Crippen molar-refractivity contribution in [3.8, 4) is 5.75 Å². The Labute approximate surface area is 162 Å². The molecule has 3 atom stereocenters. The highest BCUT2D eigenvalue weighted by Gasteiger charge is 2.37. The molecule has 2 aromatic carbocycles. The molecule has 0 unspecified atom stereocenters. The van der Waals surface area contributed by atoms with Crippen LogP contribution in [-0.4, -0.2) is 20.6 Å². The summed E-state index contributed by atoms with van der Waals surface area (Å²) in [5.74, 6) is 0.402. The minimum atomic E-state index is -0.676. The van der Waals surface area contributed by atoms with Gasteiger partial charge in [0.1, 0.15) is 23.1 Å². The van der Waals surface area contributed by atoms with Crippen molar-refractivity contribution in [2.24, 2.45) is 5.92 Å². The monoisotopic (exact) mass is 377 g/mol. The van der Waals surface area contributed by atoms with Crippen LogP contribution in [0.4, 0.5) is 0 Å². The van der Waals surface area contributed by atoms with E-state index in [2.05, 4.69) is 10.3 Å². The van der Waals surface area contributed by atoms with Gasteiger partial charge in [-0.3, -0.25) is 14.2 Å². The fraction of sp³-hybridized carbons (Fsp3) is 0.318. The van der Waals surface area contributed by atoms with Crippen LogP contribution in [0.2, 0.25) is 0 Å². The number of nitrogens with one attached hydrogen (secondary N) is 1. The number of phenols is 1. The summed E-state index contributed by atoms with van der Waals surface area (Å²) in [5.41, 5.74) is 0.958. The van der Waals surface area contributed by atoms with Gasteiger partial charge in [0.05, 0.1) is 11.4 Å². The van der Waals surface area contributed by atoms with E-state index in [1.165, 1.54) is 10.6 Å². The van der Waals surface area contributed by atoms with E-state index in [4.69, 9.17) is 0 Å². The molecule has 6 heteroatoms. The zero-order chi connectivity index (χ0) is 19.8. The van der Waals surface area contributed by atoms with Gasteiger partial charge in [-0.2, -0.15) is 0 Å². The molecule has 144 valence electrons. The summed E-state index contributed by atoms with van der Waals surface area (Å²) in [5, 5.41) is 13.6. The Morgan fingerprint density at radius 2 is 1.89 bits per heavy atom. The highest BCUT2D eigenvalue weighted by molar-refractivity contribution is 5.86. The Morgan fingerprint density at radius 3 is 2.61 bits per heavy atom. The van der Waals surface area contributed by atoms with Crippen molar-refractivity contribution in [3.63, 3.8) is 0 Å². The maximum Gasteiger partial charge on any atom is 0.262 e. The maximum atomic E-state index is 13.4. The number of aromatic nitrogens is 2. The van der Waals surface area contributed by atoms with Crippen molar-refractivity contribution < 1.29 is 9.90 Å². The smallest absolute Gasteiger partial charge is 0.262 e. The van der Waals surface area contributed by atoms with Gasteiger partial charge in [-0.15, -0.1) is 0 Å². The van der Waals surface area contributed by atoms with Gasteiger partial charge < -0.3 is 10.4 Å². The lowest BCUT2D eigenvalue weighted by atomic mass is 9.93. The van der Waals surface area contributed by atoms with Crippen molar-refractivity contribution in [3.05, 3.63) is 70.3 Å². The van der Waals surface area contributed by atoms with Crippen molar-refractivity contribution >= 4 is 16.8 Å². The van der Waals surface area contributed by atoms with Crippen LogP contribution in [0, 0.1) is 5.92 Å². The van der Waals surface area contributed by atoms with E-state index in [1.807, 2.05) is 44.2 Å². The molecule has 0 bridgehead atoms. The Hall–Kier alpha value is -3.15. The standard InChI is InChI=1S/C22H23N3O3/c1-3-13(2)18-20-23-19-15(10-7-11-17(19)26)22(28)25(20)16(21(27)24-18)12-14-8-5-4-6-9-14/h4-11,13,16,18,26H,3,12H2,1-2H3,(H,24,27)/t13-,16-,18+/m1/s1. The average Bonchev–Trinajstić information content (AvgIpc) is 2.71. The lowest BCUT2D eigenvalue weighted by Crippen LogP contribution is -2.50. The van der Waals surface area contributed by atoms with E-state index in [0.29, 0.717) is 17.6 Å². The third kappa shape index (κ3) is 2.95. The summed E-state index contributed by atoms with van der Waals surface area (Å²) < 4.78 is 1.53. The molecule has 0 saturated heterocycles. The number of carbonyl (C=O) groups excluding carboxylic acids is 1.